The van der Waals surface area contributed by atoms with Gasteiger partial charge in [0, 0.05) is 11.4 Å². The molecule has 0 bridgehead atoms. The largest absolute Gasteiger partial charge is 0.507 e. The average molecular weight is 183 g/mol. The molecule has 12 heavy (non-hydrogen) atoms. The van der Waals surface area contributed by atoms with Crippen molar-refractivity contribution >= 4 is 17.7 Å². The number of aryl methyl sites for hydroxylation is 1. The van der Waals surface area contributed by atoms with Crippen LogP contribution in [0.15, 0.2) is 24.3 Å². The molecule has 0 saturated heterocycles. The molecule has 0 amide bonds. The lowest BCUT2D eigenvalue weighted by Gasteiger charge is -2.01. The Hall–Kier alpha value is -0.950. The molecular weight excluding hydrogens is 172 g/mol. The van der Waals surface area contributed by atoms with Gasteiger partial charge >= 0.3 is 0 Å². The zero-order chi connectivity index (χ0) is 8.97. The number of para-hydroxylation sites is 1. The molecule has 0 aliphatic rings. The molecule has 0 atom stereocenters. The van der Waals surface area contributed by atoms with E-state index in [2.05, 4.69) is 0 Å². The number of rotatable bonds is 2. The minimum Gasteiger partial charge on any atom is -0.507 e. The third-order valence-electron chi connectivity index (χ3n) is 1.66. The van der Waals surface area contributed by atoms with Gasteiger partial charge in [-0.1, -0.05) is 30.4 Å². The fourth-order valence-electron chi connectivity index (χ4n) is 0.988. The molecule has 0 radical (unpaired) electrons. The van der Waals surface area contributed by atoms with Crippen molar-refractivity contribution in [1.29, 1.82) is 0 Å². The van der Waals surface area contributed by atoms with Crippen molar-refractivity contribution in [3.05, 3.63) is 35.4 Å². The highest BCUT2D eigenvalue weighted by atomic mass is 35.5. The van der Waals surface area contributed by atoms with E-state index in [1.54, 1.807) is 6.08 Å². The highest BCUT2D eigenvalue weighted by Crippen LogP contribution is 2.22. The van der Waals surface area contributed by atoms with Crippen LogP contribution in [0.4, 0.5) is 0 Å². The first-order valence-corrected chi connectivity index (χ1v) is 4.30. The second-order valence-electron chi connectivity index (χ2n) is 2.57. The molecule has 64 valence electrons. The van der Waals surface area contributed by atoms with Crippen molar-refractivity contribution < 1.29 is 5.11 Å². The Morgan fingerprint density at radius 2 is 2.25 bits per heavy atom. The summed E-state index contributed by atoms with van der Waals surface area (Å²) in [4.78, 5) is 0. The maximum Gasteiger partial charge on any atom is 0.125 e. The van der Waals surface area contributed by atoms with Gasteiger partial charge in [0.2, 0.25) is 0 Å². The number of alkyl halides is 1. The van der Waals surface area contributed by atoms with Crippen LogP contribution in [-0.2, 0) is 0 Å². The lowest BCUT2D eigenvalue weighted by atomic mass is 10.1. The summed E-state index contributed by atoms with van der Waals surface area (Å²) in [6.07, 6.45) is 3.62. The Balaban J connectivity index is 3.00. The summed E-state index contributed by atoms with van der Waals surface area (Å²) in [5, 5.41) is 9.53. The van der Waals surface area contributed by atoms with Gasteiger partial charge in [0.25, 0.3) is 0 Å². The Kier molecular flexibility index (Phi) is 3.18. The zero-order valence-corrected chi connectivity index (χ0v) is 7.67. The first-order valence-electron chi connectivity index (χ1n) is 3.77. The monoisotopic (exact) mass is 182 g/mol. The second kappa shape index (κ2) is 4.17. The van der Waals surface area contributed by atoms with Gasteiger partial charge in [-0.05, 0) is 12.5 Å². The van der Waals surface area contributed by atoms with Crippen LogP contribution in [-0.4, -0.2) is 11.0 Å². The van der Waals surface area contributed by atoms with Crippen LogP contribution in [0.25, 0.3) is 6.08 Å². The predicted octanol–water partition coefficient (Wildman–Crippen LogP) is 2.95. The number of hydrogen-bond acceptors (Lipinski definition) is 1. The number of allylic oxidation sites excluding steroid dienone is 1. The lowest BCUT2D eigenvalue weighted by molar-refractivity contribution is 0.470. The van der Waals surface area contributed by atoms with Crippen LogP contribution in [0.1, 0.15) is 11.1 Å². The molecule has 1 nitrogen and oxygen atoms in total. The van der Waals surface area contributed by atoms with Crippen molar-refractivity contribution in [2.24, 2.45) is 0 Å². The summed E-state index contributed by atoms with van der Waals surface area (Å²) >= 11 is 5.48. The fourth-order valence-corrected chi connectivity index (χ4v) is 1.08. The van der Waals surface area contributed by atoms with E-state index in [4.69, 9.17) is 11.6 Å². The number of phenols is 1. The summed E-state index contributed by atoms with van der Waals surface area (Å²) in [6, 6.07) is 5.63. The van der Waals surface area contributed by atoms with Crippen LogP contribution < -0.4 is 0 Å². The molecule has 0 fully saturated rings. The summed E-state index contributed by atoms with van der Waals surface area (Å²) in [5.74, 6) is 0.798. The van der Waals surface area contributed by atoms with Crippen LogP contribution in [0.2, 0.25) is 0 Å². The number of phenolic OH excluding ortho intramolecular Hbond substituents is 1. The van der Waals surface area contributed by atoms with E-state index >= 15 is 0 Å². The van der Waals surface area contributed by atoms with E-state index in [-0.39, 0.29) is 0 Å². The topological polar surface area (TPSA) is 20.2 Å². The van der Waals surface area contributed by atoms with E-state index in [0.29, 0.717) is 11.6 Å². The van der Waals surface area contributed by atoms with Gasteiger partial charge in [-0.15, -0.1) is 11.6 Å². The molecule has 1 N–H and O–H groups in total. The highest BCUT2D eigenvalue weighted by molar-refractivity contribution is 6.19. The number of hydrogen-bond donors (Lipinski definition) is 1. The first kappa shape index (κ1) is 9.14. The van der Waals surface area contributed by atoms with Crippen LogP contribution in [0.5, 0.6) is 5.75 Å². The van der Waals surface area contributed by atoms with Gasteiger partial charge in [-0.25, -0.2) is 0 Å². The molecule has 0 aromatic heterocycles. The highest BCUT2D eigenvalue weighted by Gasteiger charge is 1.98. The average Bonchev–Trinajstić information content (AvgIpc) is 2.08. The van der Waals surface area contributed by atoms with Crippen molar-refractivity contribution in [2.75, 3.05) is 5.88 Å². The molecule has 0 aliphatic heterocycles. The van der Waals surface area contributed by atoms with Crippen molar-refractivity contribution in [1.82, 2.24) is 0 Å². The van der Waals surface area contributed by atoms with E-state index in [1.165, 1.54) is 0 Å². The summed E-state index contributed by atoms with van der Waals surface area (Å²) in [7, 11) is 0. The Labute approximate surface area is 77.3 Å². The van der Waals surface area contributed by atoms with Crippen LogP contribution in [0, 0.1) is 6.92 Å². The van der Waals surface area contributed by atoms with Gasteiger partial charge in [0.15, 0.2) is 0 Å². The third kappa shape index (κ3) is 2.02. The maximum absolute atomic E-state index is 9.53. The molecular formula is C10H11ClO. The minimum atomic E-state index is 0.332. The van der Waals surface area contributed by atoms with Crippen molar-refractivity contribution in [3.8, 4) is 5.75 Å². The van der Waals surface area contributed by atoms with Crippen LogP contribution >= 0.6 is 11.6 Å². The van der Waals surface area contributed by atoms with Crippen LogP contribution in [0.3, 0.4) is 0 Å². The van der Waals surface area contributed by atoms with Gasteiger partial charge in [-0.3, -0.25) is 0 Å². The SMILES string of the molecule is Cc1cccc(/C=C\CCl)c1O. The number of benzene rings is 1. The molecule has 0 saturated carbocycles. The second-order valence-corrected chi connectivity index (χ2v) is 2.88. The lowest BCUT2D eigenvalue weighted by Crippen LogP contribution is -1.78. The minimum absolute atomic E-state index is 0.332. The Bertz CT molecular complexity index is 292. The molecule has 0 spiro atoms. The molecule has 0 heterocycles. The molecule has 0 unspecified atom stereocenters. The van der Waals surface area contributed by atoms with Gasteiger partial charge in [0.1, 0.15) is 5.75 Å². The Morgan fingerprint density at radius 3 is 2.92 bits per heavy atom. The quantitative estimate of drug-likeness (QED) is 0.698. The number of aromatic hydroxyl groups is 1. The van der Waals surface area contributed by atoms with Gasteiger partial charge in [0.05, 0.1) is 0 Å². The van der Waals surface area contributed by atoms with Gasteiger partial charge < -0.3 is 5.11 Å². The van der Waals surface area contributed by atoms with Crippen molar-refractivity contribution in [3.63, 3.8) is 0 Å². The molecule has 1 aromatic carbocycles. The third-order valence-corrected chi connectivity index (χ3v) is 1.83. The van der Waals surface area contributed by atoms with E-state index < -0.39 is 0 Å². The van der Waals surface area contributed by atoms with E-state index in [0.717, 1.165) is 11.1 Å². The van der Waals surface area contributed by atoms with Gasteiger partial charge in [-0.2, -0.15) is 0 Å². The standard InChI is InChI=1S/C10H11ClO/c1-8-4-2-5-9(10(8)12)6-3-7-11/h2-6,12H,7H2,1H3/b6-3-. The fraction of sp³-hybridized carbons (Fsp3) is 0.200. The Morgan fingerprint density at radius 1 is 1.50 bits per heavy atom. The van der Waals surface area contributed by atoms with E-state index in [9.17, 15) is 5.11 Å². The molecule has 0 aliphatic carbocycles. The molecule has 2 heteroatoms. The summed E-state index contributed by atoms with van der Waals surface area (Å²) in [6.45, 7) is 1.87. The first-order chi connectivity index (χ1) is 5.75. The predicted molar refractivity (Wildman–Crippen MR) is 52.6 cm³/mol. The summed E-state index contributed by atoms with van der Waals surface area (Å²) in [5.41, 5.74) is 1.70. The van der Waals surface area contributed by atoms with Crippen molar-refractivity contribution in [2.45, 2.75) is 6.92 Å². The zero-order valence-electron chi connectivity index (χ0n) is 6.92. The summed E-state index contributed by atoms with van der Waals surface area (Å²) < 4.78 is 0. The molecule has 1 aromatic rings. The van der Waals surface area contributed by atoms with E-state index in [1.807, 2.05) is 31.2 Å². The smallest absolute Gasteiger partial charge is 0.125 e. The maximum atomic E-state index is 9.53. The normalized spacial score (nSPS) is 10.8. The number of halogens is 1. The molecule has 1 rings (SSSR count).